The van der Waals surface area contributed by atoms with Crippen molar-refractivity contribution in [3.05, 3.63) is 65.7 Å². The maximum atomic E-state index is 12.0. The number of rotatable bonds is 6. The average molecular weight is 270 g/mol. The summed E-state index contributed by atoms with van der Waals surface area (Å²) in [4.78, 5) is 12.0. The van der Waals surface area contributed by atoms with Crippen molar-refractivity contribution in [3.63, 3.8) is 0 Å². The first kappa shape index (κ1) is 14.1. The summed E-state index contributed by atoms with van der Waals surface area (Å²) in [5.74, 6) is -0.185. The smallest absolute Gasteiger partial charge is 0.253 e. The average Bonchev–Trinajstić information content (AvgIpc) is 2.52. The predicted octanol–water partition coefficient (Wildman–Crippen LogP) is 2.02. The molecule has 4 nitrogen and oxygen atoms in total. The molecular weight excluding hydrogens is 252 g/mol. The highest BCUT2D eigenvalue weighted by Gasteiger charge is 2.09. The number of nitrogens with one attached hydrogen (secondary N) is 2. The van der Waals surface area contributed by atoms with Gasteiger partial charge in [0, 0.05) is 18.8 Å². The number of aliphatic hydroxyl groups is 1. The summed E-state index contributed by atoms with van der Waals surface area (Å²) in [5, 5.41) is 14.7. The van der Waals surface area contributed by atoms with Crippen molar-refractivity contribution in [2.75, 3.05) is 18.5 Å². The third kappa shape index (κ3) is 3.83. The lowest BCUT2D eigenvalue weighted by molar-refractivity contribution is 0.0945. The first-order valence-electron chi connectivity index (χ1n) is 6.57. The second-order valence-electron chi connectivity index (χ2n) is 4.36. The van der Waals surface area contributed by atoms with E-state index >= 15 is 0 Å². The van der Waals surface area contributed by atoms with Gasteiger partial charge in [-0.25, -0.2) is 0 Å². The van der Waals surface area contributed by atoms with Gasteiger partial charge in [0.2, 0.25) is 0 Å². The number of anilines is 1. The van der Waals surface area contributed by atoms with Crippen LogP contribution in [0.2, 0.25) is 0 Å². The summed E-state index contributed by atoms with van der Waals surface area (Å²) in [6, 6.07) is 17.3. The van der Waals surface area contributed by atoms with Crippen molar-refractivity contribution in [2.24, 2.45) is 0 Å². The van der Waals surface area contributed by atoms with Crippen LogP contribution in [0.25, 0.3) is 0 Å². The Kier molecular flexibility index (Phi) is 5.15. The molecule has 0 heterocycles. The van der Waals surface area contributed by atoms with E-state index in [1.165, 1.54) is 0 Å². The Morgan fingerprint density at radius 2 is 1.70 bits per heavy atom. The predicted molar refractivity (Wildman–Crippen MR) is 79.6 cm³/mol. The van der Waals surface area contributed by atoms with Crippen LogP contribution in [0.4, 0.5) is 5.69 Å². The zero-order valence-corrected chi connectivity index (χ0v) is 11.2. The fraction of sp³-hybridized carbons (Fsp3) is 0.188. The highest BCUT2D eigenvalue weighted by Crippen LogP contribution is 2.16. The largest absolute Gasteiger partial charge is 0.395 e. The molecule has 0 bridgehead atoms. The molecule has 0 aliphatic carbocycles. The number of para-hydroxylation sites is 1. The van der Waals surface area contributed by atoms with Crippen molar-refractivity contribution in [2.45, 2.75) is 6.54 Å². The first-order chi connectivity index (χ1) is 9.81. The first-order valence-corrected chi connectivity index (χ1v) is 6.57. The molecule has 0 saturated carbocycles. The lowest BCUT2D eigenvalue weighted by Crippen LogP contribution is -2.27. The molecule has 0 aromatic heterocycles. The summed E-state index contributed by atoms with van der Waals surface area (Å²) in [5.41, 5.74) is 2.52. The quantitative estimate of drug-likeness (QED) is 0.752. The van der Waals surface area contributed by atoms with Gasteiger partial charge in [0.25, 0.3) is 5.91 Å². The Balaban J connectivity index is 2.06. The van der Waals surface area contributed by atoms with Gasteiger partial charge in [-0.1, -0.05) is 42.5 Å². The molecular formula is C16H18N2O2. The Hall–Kier alpha value is -2.33. The van der Waals surface area contributed by atoms with Gasteiger partial charge in [-0.15, -0.1) is 0 Å². The van der Waals surface area contributed by atoms with Gasteiger partial charge < -0.3 is 15.7 Å². The van der Waals surface area contributed by atoms with Crippen LogP contribution in [0.15, 0.2) is 54.6 Å². The van der Waals surface area contributed by atoms with E-state index in [0.29, 0.717) is 12.1 Å². The van der Waals surface area contributed by atoms with Gasteiger partial charge in [-0.05, 0) is 17.7 Å². The molecule has 2 aromatic rings. The van der Waals surface area contributed by atoms with Crippen LogP contribution in [-0.2, 0) is 6.54 Å². The van der Waals surface area contributed by atoms with Gasteiger partial charge in [0.15, 0.2) is 0 Å². The van der Waals surface area contributed by atoms with E-state index in [4.69, 9.17) is 5.11 Å². The Bertz CT molecular complexity index is 555. The molecule has 20 heavy (non-hydrogen) atoms. The molecule has 104 valence electrons. The second-order valence-corrected chi connectivity index (χ2v) is 4.36. The lowest BCUT2D eigenvalue weighted by Gasteiger charge is -2.12. The minimum absolute atomic E-state index is 0.0641. The van der Waals surface area contributed by atoms with Gasteiger partial charge in [0.1, 0.15) is 0 Å². The van der Waals surface area contributed by atoms with Crippen molar-refractivity contribution < 1.29 is 9.90 Å². The molecule has 2 rings (SSSR count). The number of carbonyl (C=O) groups is 1. The molecule has 0 saturated heterocycles. The van der Waals surface area contributed by atoms with Crippen LogP contribution in [0.5, 0.6) is 0 Å². The molecule has 0 atom stereocenters. The highest BCUT2D eigenvalue weighted by atomic mass is 16.3. The number of aliphatic hydroxyl groups excluding tert-OH is 1. The molecule has 1 amide bonds. The number of carbonyl (C=O) groups excluding carboxylic acids is 1. The summed E-state index contributed by atoms with van der Waals surface area (Å²) in [6.07, 6.45) is 0. The number of benzene rings is 2. The second kappa shape index (κ2) is 7.31. The van der Waals surface area contributed by atoms with Crippen molar-refractivity contribution in [1.29, 1.82) is 0 Å². The Labute approximate surface area is 118 Å². The van der Waals surface area contributed by atoms with E-state index < -0.39 is 0 Å². The molecule has 3 N–H and O–H groups in total. The fourth-order valence-corrected chi connectivity index (χ4v) is 1.89. The van der Waals surface area contributed by atoms with Crippen molar-refractivity contribution in [1.82, 2.24) is 5.32 Å². The monoisotopic (exact) mass is 270 g/mol. The molecule has 4 heteroatoms. The molecule has 0 radical (unpaired) electrons. The summed E-state index contributed by atoms with van der Waals surface area (Å²) in [6.45, 7) is 0.850. The summed E-state index contributed by atoms with van der Waals surface area (Å²) in [7, 11) is 0. The number of amides is 1. The molecule has 0 aliphatic heterocycles. The highest BCUT2D eigenvalue weighted by molar-refractivity contribution is 5.99. The number of hydrogen-bond acceptors (Lipinski definition) is 3. The standard InChI is InChI=1S/C16H18N2O2/c19-11-10-17-16(20)14-8-4-5-9-15(14)18-12-13-6-2-1-3-7-13/h1-9,18-19H,10-12H2,(H,17,20). The van der Waals surface area contributed by atoms with E-state index in [-0.39, 0.29) is 19.1 Å². The zero-order valence-electron chi connectivity index (χ0n) is 11.2. The molecule has 0 spiro atoms. The van der Waals surface area contributed by atoms with E-state index in [2.05, 4.69) is 10.6 Å². The van der Waals surface area contributed by atoms with Gasteiger partial charge in [0.05, 0.1) is 12.2 Å². The Morgan fingerprint density at radius 1 is 1.00 bits per heavy atom. The molecule has 0 fully saturated rings. The fourth-order valence-electron chi connectivity index (χ4n) is 1.89. The van der Waals surface area contributed by atoms with E-state index in [1.807, 2.05) is 48.5 Å². The van der Waals surface area contributed by atoms with Gasteiger partial charge in [-0.2, -0.15) is 0 Å². The minimum Gasteiger partial charge on any atom is -0.395 e. The lowest BCUT2D eigenvalue weighted by atomic mass is 10.1. The molecule has 2 aromatic carbocycles. The molecule has 0 aliphatic rings. The topological polar surface area (TPSA) is 61.4 Å². The third-order valence-corrected chi connectivity index (χ3v) is 2.89. The zero-order chi connectivity index (χ0) is 14.2. The SMILES string of the molecule is O=C(NCCO)c1ccccc1NCc1ccccc1. The summed E-state index contributed by atoms with van der Waals surface area (Å²) >= 11 is 0. The van der Waals surface area contributed by atoms with Crippen molar-refractivity contribution in [3.8, 4) is 0 Å². The maximum Gasteiger partial charge on any atom is 0.253 e. The Morgan fingerprint density at radius 3 is 2.45 bits per heavy atom. The van der Waals surface area contributed by atoms with Crippen LogP contribution in [0.1, 0.15) is 15.9 Å². The molecule has 0 unspecified atom stereocenters. The van der Waals surface area contributed by atoms with E-state index in [0.717, 1.165) is 11.3 Å². The maximum absolute atomic E-state index is 12.0. The van der Waals surface area contributed by atoms with Crippen LogP contribution in [0, 0.1) is 0 Å². The van der Waals surface area contributed by atoms with Crippen molar-refractivity contribution >= 4 is 11.6 Å². The van der Waals surface area contributed by atoms with Gasteiger partial charge in [-0.3, -0.25) is 4.79 Å². The minimum atomic E-state index is -0.185. The third-order valence-electron chi connectivity index (χ3n) is 2.89. The van der Waals surface area contributed by atoms with Gasteiger partial charge >= 0.3 is 0 Å². The van der Waals surface area contributed by atoms with E-state index in [9.17, 15) is 4.79 Å². The summed E-state index contributed by atoms with van der Waals surface area (Å²) < 4.78 is 0. The van der Waals surface area contributed by atoms with Crippen LogP contribution < -0.4 is 10.6 Å². The van der Waals surface area contributed by atoms with Crippen LogP contribution in [0.3, 0.4) is 0 Å². The van der Waals surface area contributed by atoms with Crippen LogP contribution >= 0.6 is 0 Å². The number of hydrogen-bond donors (Lipinski definition) is 3. The van der Waals surface area contributed by atoms with Crippen LogP contribution in [-0.4, -0.2) is 24.2 Å². The van der Waals surface area contributed by atoms with E-state index in [1.54, 1.807) is 6.07 Å². The normalized spacial score (nSPS) is 10.1.